The smallest absolute Gasteiger partial charge is 0.257 e. The summed E-state index contributed by atoms with van der Waals surface area (Å²) < 4.78 is 13.4. The number of carbonyl (C=O) groups excluding carboxylic acids is 2. The van der Waals surface area contributed by atoms with E-state index in [0.29, 0.717) is 12.1 Å². The van der Waals surface area contributed by atoms with Crippen LogP contribution in [0.4, 0.5) is 4.39 Å². The molecule has 0 aliphatic carbocycles. The molecule has 4 nitrogen and oxygen atoms in total. The van der Waals surface area contributed by atoms with Crippen molar-refractivity contribution in [2.75, 3.05) is 6.54 Å². The molecule has 2 aromatic carbocycles. The first-order valence-electron chi connectivity index (χ1n) is 7.94. The summed E-state index contributed by atoms with van der Waals surface area (Å²) in [6.07, 6.45) is 1.74. The van der Waals surface area contributed by atoms with Crippen molar-refractivity contribution >= 4 is 11.7 Å². The van der Waals surface area contributed by atoms with Gasteiger partial charge in [0.25, 0.3) is 5.91 Å². The molecule has 2 aromatic rings. The van der Waals surface area contributed by atoms with E-state index >= 15 is 0 Å². The molecule has 0 radical (unpaired) electrons. The Bertz CT molecular complexity index is 760. The summed E-state index contributed by atoms with van der Waals surface area (Å²) in [6, 6.07) is 12.0. The lowest BCUT2D eigenvalue weighted by molar-refractivity contribution is 0.0714. The SMILES string of the molecule is O=C(CC1CCCN1C(=O)c1cc(F)ccc1O)c1ccccc1. The molecule has 1 amide bonds. The van der Waals surface area contributed by atoms with Crippen LogP contribution < -0.4 is 0 Å². The molecule has 124 valence electrons. The highest BCUT2D eigenvalue weighted by Crippen LogP contribution is 2.27. The van der Waals surface area contributed by atoms with E-state index in [9.17, 15) is 19.1 Å². The van der Waals surface area contributed by atoms with Gasteiger partial charge in [0.2, 0.25) is 0 Å². The van der Waals surface area contributed by atoms with Crippen molar-refractivity contribution in [1.82, 2.24) is 4.90 Å². The largest absolute Gasteiger partial charge is 0.507 e. The van der Waals surface area contributed by atoms with Crippen LogP contribution >= 0.6 is 0 Å². The molecule has 1 aliphatic heterocycles. The zero-order valence-electron chi connectivity index (χ0n) is 13.1. The van der Waals surface area contributed by atoms with Gasteiger partial charge in [-0.15, -0.1) is 0 Å². The summed E-state index contributed by atoms with van der Waals surface area (Å²) in [7, 11) is 0. The predicted molar refractivity (Wildman–Crippen MR) is 87.5 cm³/mol. The lowest BCUT2D eigenvalue weighted by atomic mass is 10.0. The summed E-state index contributed by atoms with van der Waals surface area (Å²) in [5.74, 6) is -1.28. The second-order valence-corrected chi connectivity index (χ2v) is 5.95. The van der Waals surface area contributed by atoms with Crippen molar-refractivity contribution in [2.45, 2.75) is 25.3 Å². The number of phenolic OH excluding ortho intramolecular Hbond substituents is 1. The molecule has 0 spiro atoms. The fourth-order valence-corrected chi connectivity index (χ4v) is 3.11. The highest BCUT2D eigenvalue weighted by atomic mass is 19.1. The van der Waals surface area contributed by atoms with Crippen LogP contribution in [-0.2, 0) is 0 Å². The van der Waals surface area contributed by atoms with E-state index in [-0.39, 0.29) is 29.6 Å². The number of carbonyl (C=O) groups is 2. The maximum absolute atomic E-state index is 13.4. The standard InChI is InChI=1S/C19H18FNO3/c20-14-8-9-17(22)16(11-14)19(24)21-10-4-7-15(21)12-18(23)13-5-2-1-3-6-13/h1-3,5-6,8-9,11,15,22H,4,7,10,12H2. The number of Topliss-reactive ketones (excluding diaryl/α,β-unsaturated/α-hetero) is 1. The monoisotopic (exact) mass is 327 g/mol. The van der Waals surface area contributed by atoms with Crippen LogP contribution in [0.1, 0.15) is 40.0 Å². The van der Waals surface area contributed by atoms with Gasteiger partial charge in [0.15, 0.2) is 5.78 Å². The molecule has 24 heavy (non-hydrogen) atoms. The summed E-state index contributed by atoms with van der Waals surface area (Å²) in [5, 5.41) is 9.83. The van der Waals surface area contributed by atoms with E-state index < -0.39 is 11.7 Å². The fourth-order valence-electron chi connectivity index (χ4n) is 3.11. The molecule has 1 fully saturated rings. The van der Waals surface area contributed by atoms with Gasteiger partial charge in [-0.05, 0) is 31.0 Å². The summed E-state index contributed by atoms with van der Waals surface area (Å²) in [6.45, 7) is 0.502. The number of amides is 1. The average Bonchev–Trinajstić information content (AvgIpc) is 3.05. The Labute approximate surface area is 139 Å². The lowest BCUT2D eigenvalue weighted by Crippen LogP contribution is -2.37. The number of ketones is 1. The van der Waals surface area contributed by atoms with Gasteiger partial charge in [-0.3, -0.25) is 9.59 Å². The van der Waals surface area contributed by atoms with Crippen molar-refractivity contribution < 1.29 is 19.1 Å². The van der Waals surface area contributed by atoms with Crippen molar-refractivity contribution in [2.24, 2.45) is 0 Å². The fraction of sp³-hybridized carbons (Fsp3) is 0.263. The van der Waals surface area contributed by atoms with E-state index in [1.807, 2.05) is 6.07 Å². The number of likely N-dealkylation sites (tertiary alicyclic amines) is 1. The molecule has 5 heteroatoms. The molecular weight excluding hydrogens is 309 g/mol. The third-order valence-corrected chi connectivity index (χ3v) is 4.34. The van der Waals surface area contributed by atoms with Crippen molar-refractivity contribution in [1.29, 1.82) is 0 Å². The zero-order valence-corrected chi connectivity index (χ0v) is 13.1. The van der Waals surface area contributed by atoms with Gasteiger partial charge in [-0.1, -0.05) is 30.3 Å². The van der Waals surface area contributed by atoms with Crippen LogP contribution in [0.5, 0.6) is 5.75 Å². The number of hydrogen-bond acceptors (Lipinski definition) is 3. The normalized spacial score (nSPS) is 17.0. The van der Waals surface area contributed by atoms with Gasteiger partial charge >= 0.3 is 0 Å². The molecular formula is C19H18FNO3. The van der Waals surface area contributed by atoms with Gasteiger partial charge in [0.05, 0.1) is 5.56 Å². The van der Waals surface area contributed by atoms with Crippen LogP contribution in [0.3, 0.4) is 0 Å². The molecule has 1 heterocycles. The van der Waals surface area contributed by atoms with E-state index in [2.05, 4.69) is 0 Å². The van der Waals surface area contributed by atoms with Crippen LogP contribution in [0.25, 0.3) is 0 Å². The zero-order chi connectivity index (χ0) is 17.1. The highest BCUT2D eigenvalue weighted by Gasteiger charge is 2.32. The summed E-state index contributed by atoms with van der Waals surface area (Å²) >= 11 is 0. The molecule has 3 rings (SSSR count). The first kappa shape index (κ1) is 16.2. The number of rotatable bonds is 4. The number of phenols is 1. The summed E-state index contributed by atoms with van der Waals surface area (Å²) in [5.41, 5.74) is 0.555. The maximum atomic E-state index is 13.4. The minimum absolute atomic E-state index is 0.0243. The topological polar surface area (TPSA) is 57.6 Å². The quantitative estimate of drug-likeness (QED) is 0.876. The van der Waals surface area contributed by atoms with Crippen molar-refractivity contribution in [3.63, 3.8) is 0 Å². The first-order valence-corrected chi connectivity index (χ1v) is 7.94. The molecule has 1 atom stereocenters. The molecule has 0 saturated carbocycles. The van der Waals surface area contributed by atoms with E-state index in [1.165, 1.54) is 6.07 Å². The second kappa shape index (κ2) is 6.83. The van der Waals surface area contributed by atoms with E-state index in [1.54, 1.807) is 29.2 Å². The van der Waals surface area contributed by atoms with Gasteiger partial charge in [0.1, 0.15) is 11.6 Å². The highest BCUT2D eigenvalue weighted by molar-refractivity contribution is 5.99. The third-order valence-electron chi connectivity index (χ3n) is 4.34. The van der Waals surface area contributed by atoms with Crippen LogP contribution in [0, 0.1) is 5.82 Å². The molecule has 1 aliphatic rings. The number of halogens is 1. The summed E-state index contributed by atoms with van der Waals surface area (Å²) in [4.78, 5) is 26.6. The van der Waals surface area contributed by atoms with Gasteiger partial charge in [-0.2, -0.15) is 0 Å². The Balaban J connectivity index is 1.77. The van der Waals surface area contributed by atoms with Gasteiger partial charge in [0, 0.05) is 24.6 Å². The Morgan fingerprint density at radius 1 is 1.17 bits per heavy atom. The third kappa shape index (κ3) is 3.30. The first-order chi connectivity index (χ1) is 11.6. The van der Waals surface area contributed by atoms with Crippen molar-refractivity contribution in [3.05, 3.63) is 65.5 Å². The molecule has 0 bridgehead atoms. The van der Waals surface area contributed by atoms with Crippen LogP contribution in [-0.4, -0.2) is 34.3 Å². The van der Waals surface area contributed by atoms with E-state index in [4.69, 9.17) is 0 Å². The predicted octanol–water partition coefficient (Wildman–Crippen LogP) is 3.41. The Morgan fingerprint density at radius 3 is 2.67 bits per heavy atom. The lowest BCUT2D eigenvalue weighted by Gasteiger charge is -2.24. The number of hydrogen-bond donors (Lipinski definition) is 1. The number of nitrogens with zero attached hydrogens (tertiary/aromatic N) is 1. The Hall–Kier alpha value is -2.69. The maximum Gasteiger partial charge on any atom is 0.257 e. The van der Waals surface area contributed by atoms with Gasteiger partial charge in [-0.25, -0.2) is 4.39 Å². The second-order valence-electron chi connectivity index (χ2n) is 5.95. The molecule has 1 saturated heterocycles. The minimum Gasteiger partial charge on any atom is -0.507 e. The van der Waals surface area contributed by atoms with Crippen LogP contribution in [0.15, 0.2) is 48.5 Å². The average molecular weight is 327 g/mol. The number of benzene rings is 2. The van der Waals surface area contributed by atoms with Crippen molar-refractivity contribution in [3.8, 4) is 5.75 Å². The number of aromatic hydroxyl groups is 1. The Kier molecular flexibility index (Phi) is 4.60. The molecule has 1 unspecified atom stereocenters. The van der Waals surface area contributed by atoms with E-state index in [0.717, 1.165) is 25.0 Å². The van der Waals surface area contributed by atoms with Crippen LogP contribution in [0.2, 0.25) is 0 Å². The minimum atomic E-state index is -0.577. The Morgan fingerprint density at radius 2 is 1.92 bits per heavy atom. The van der Waals surface area contributed by atoms with Gasteiger partial charge < -0.3 is 10.0 Å². The molecule has 1 N–H and O–H groups in total. The molecule has 0 aromatic heterocycles.